The van der Waals surface area contributed by atoms with Crippen LogP contribution < -0.4 is 10.6 Å². The standard InChI is InChI=1S/C17H20FN3O3/c1-3-16(23)20-15-10-13(4-5-14(15)18)19-17(24)12-6-8-21(9-7-12)11(2)22/h3-5,10,12H,1,6-9H2,2H3,(H,19,24)(H,20,23). The van der Waals surface area contributed by atoms with Crippen LogP contribution >= 0.6 is 0 Å². The maximum Gasteiger partial charge on any atom is 0.247 e. The van der Waals surface area contributed by atoms with E-state index in [2.05, 4.69) is 17.2 Å². The number of carbonyl (C=O) groups is 3. The van der Waals surface area contributed by atoms with Gasteiger partial charge in [0.25, 0.3) is 0 Å². The summed E-state index contributed by atoms with van der Waals surface area (Å²) in [7, 11) is 0. The van der Waals surface area contributed by atoms with E-state index in [0.29, 0.717) is 31.6 Å². The summed E-state index contributed by atoms with van der Waals surface area (Å²) in [6.45, 7) is 5.92. The molecule has 1 heterocycles. The molecular weight excluding hydrogens is 313 g/mol. The van der Waals surface area contributed by atoms with Crippen LogP contribution in [-0.2, 0) is 14.4 Å². The monoisotopic (exact) mass is 333 g/mol. The van der Waals surface area contributed by atoms with Gasteiger partial charge in [-0.1, -0.05) is 6.58 Å². The van der Waals surface area contributed by atoms with Gasteiger partial charge in [0.1, 0.15) is 5.82 Å². The van der Waals surface area contributed by atoms with Gasteiger partial charge in [0.15, 0.2) is 0 Å². The smallest absolute Gasteiger partial charge is 0.247 e. The lowest BCUT2D eigenvalue weighted by atomic mass is 9.96. The molecule has 0 unspecified atom stereocenters. The van der Waals surface area contributed by atoms with Crippen LogP contribution in [0.4, 0.5) is 15.8 Å². The number of nitrogens with one attached hydrogen (secondary N) is 2. The minimum atomic E-state index is -0.599. The molecule has 1 aromatic rings. The summed E-state index contributed by atoms with van der Waals surface area (Å²) in [6, 6.07) is 3.97. The number of rotatable bonds is 4. The van der Waals surface area contributed by atoms with E-state index in [0.717, 1.165) is 6.08 Å². The van der Waals surface area contributed by atoms with Gasteiger partial charge in [0, 0.05) is 31.6 Å². The average molecular weight is 333 g/mol. The number of nitrogens with zero attached hydrogens (tertiary/aromatic N) is 1. The first-order valence-corrected chi connectivity index (χ1v) is 7.70. The van der Waals surface area contributed by atoms with Crippen molar-refractivity contribution in [2.75, 3.05) is 23.7 Å². The second-order valence-electron chi connectivity index (χ2n) is 5.66. The largest absolute Gasteiger partial charge is 0.343 e. The van der Waals surface area contributed by atoms with E-state index < -0.39 is 11.7 Å². The van der Waals surface area contributed by atoms with E-state index >= 15 is 0 Å². The molecule has 128 valence electrons. The van der Waals surface area contributed by atoms with Gasteiger partial charge >= 0.3 is 0 Å². The average Bonchev–Trinajstić information content (AvgIpc) is 2.57. The maximum atomic E-state index is 13.7. The topological polar surface area (TPSA) is 78.5 Å². The molecule has 0 atom stereocenters. The Hall–Kier alpha value is -2.70. The van der Waals surface area contributed by atoms with Crippen LogP contribution in [0.25, 0.3) is 0 Å². The van der Waals surface area contributed by atoms with Crippen LogP contribution in [0.2, 0.25) is 0 Å². The van der Waals surface area contributed by atoms with Crippen molar-refractivity contribution in [2.45, 2.75) is 19.8 Å². The van der Waals surface area contributed by atoms with Gasteiger partial charge in [0.2, 0.25) is 17.7 Å². The van der Waals surface area contributed by atoms with Gasteiger partial charge in [-0.3, -0.25) is 14.4 Å². The molecular formula is C17H20FN3O3. The number of benzene rings is 1. The van der Waals surface area contributed by atoms with Crippen LogP contribution in [0.3, 0.4) is 0 Å². The van der Waals surface area contributed by atoms with Crippen LogP contribution in [0.5, 0.6) is 0 Å². The van der Waals surface area contributed by atoms with Crippen molar-refractivity contribution in [2.24, 2.45) is 5.92 Å². The van der Waals surface area contributed by atoms with Crippen molar-refractivity contribution >= 4 is 29.1 Å². The Kier molecular flexibility index (Phi) is 5.68. The summed E-state index contributed by atoms with van der Waals surface area (Å²) >= 11 is 0. The summed E-state index contributed by atoms with van der Waals surface area (Å²) < 4.78 is 13.7. The van der Waals surface area contributed by atoms with Crippen molar-refractivity contribution in [3.63, 3.8) is 0 Å². The first kappa shape index (κ1) is 17.7. The van der Waals surface area contributed by atoms with Crippen LogP contribution in [0, 0.1) is 11.7 Å². The van der Waals surface area contributed by atoms with Gasteiger partial charge in [-0.05, 0) is 37.1 Å². The van der Waals surface area contributed by atoms with Gasteiger partial charge < -0.3 is 15.5 Å². The number of amides is 3. The van der Waals surface area contributed by atoms with Gasteiger partial charge in [-0.2, -0.15) is 0 Å². The quantitative estimate of drug-likeness (QED) is 0.829. The zero-order valence-electron chi connectivity index (χ0n) is 13.5. The Balaban J connectivity index is 1.99. The zero-order valence-corrected chi connectivity index (χ0v) is 13.5. The molecule has 7 heteroatoms. The van der Waals surface area contributed by atoms with E-state index in [9.17, 15) is 18.8 Å². The molecule has 0 bridgehead atoms. The maximum absolute atomic E-state index is 13.7. The summed E-state index contributed by atoms with van der Waals surface area (Å²) in [4.78, 5) is 36.6. The molecule has 0 radical (unpaired) electrons. The molecule has 2 N–H and O–H groups in total. The van der Waals surface area contributed by atoms with Crippen molar-refractivity contribution < 1.29 is 18.8 Å². The third kappa shape index (κ3) is 4.41. The van der Waals surface area contributed by atoms with Gasteiger partial charge in [0.05, 0.1) is 5.69 Å². The Morgan fingerprint density at radius 2 is 1.92 bits per heavy atom. The Bertz CT molecular complexity index is 667. The molecule has 1 saturated heterocycles. The molecule has 2 rings (SSSR count). The zero-order chi connectivity index (χ0) is 17.7. The first-order chi connectivity index (χ1) is 11.4. The molecule has 6 nitrogen and oxygen atoms in total. The van der Waals surface area contributed by atoms with E-state index in [4.69, 9.17) is 0 Å². The van der Waals surface area contributed by atoms with Crippen LogP contribution in [0.15, 0.2) is 30.9 Å². The number of hydrogen-bond acceptors (Lipinski definition) is 3. The third-order valence-corrected chi connectivity index (χ3v) is 3.99. The summed E-state index contributed by atoms with van der Waals surface area (Å²) in [5, 5.41) is 5.07. The Labute approximate surface area is 139 Å². The fraction of sp³-hybridized carbons (Fsp3) is 0.353. The highest BCUT2D eigenvalue weighted by Crippen LogP contribution is 2.23. The Morgan fingerprint density at radius 1 is 1.25 bits per heavy atom. The molecule has 0 aromatic heterocycles. The van der Waals surface area contributed by atoms with Gasteiger partial charge in [-0.15, -0.1) is 0 Å². The second kappa shape index (κ2) is 7.72. The minimum absolute atomic E-state index is 0.00925. The predicted molar refractivity (Wildman–Crippen MR) is 88.8 cm³/mol. The van der Waals surface area contributed by atoms with E-state index in [1.165, 1.54) is 25.1 Å². The second-order valence-corrected chi connectivity index (χ2v) is 5.66. The number of carbonyl (C=O) groups excluding carboxylic acids is 3. The predicted octanol–water partition coefficient (Wildman–Crippen LogP) is 2.15. The summed E-state index contributed by atoms with van der Waals surface area (Å²) in [6.07, 6.45) is 2.22. The van der Waals surface area contributed by atoms with Crippen molar-refractivity contribution in [1.29, 1.82) is 0 Å². The Morgan fingerprint density at radius 3 is 2.50 bits per heavy atom. The number of anilines is 2. The fourth-order valence-electron chi connectivity index (χ4n) is 2.58. The molecule has 0 aliphatic carbocycles. The molecule has 1 aromatic carbocycles. The molecule has 1 fully saturated rings. The summed E-state index contributed by atoms with van der Waals surface area (Å²) in [5.41, 5.74) is 0.374. The van der Waals surface area contributed by atoms with E-state index in [1.54, 1.807) is 4.90 Å². The van der Waals surface area contributed by atoms with Crippen molar-refractivity contribution in [3.8, 4) is 0 Å². The molecule has 0 spiro atoms. The number of piperidine rings is 1. The van der Waals surface area contributed by atoms with Gasteiger partial charge in [-0.25, -0.2) is 4.39 Å². The lowest BCUT2D eigenvalue weighted by Gasteiger charge is -2.30. The normalized spacial score (nSPS) is 14.8. The molecule has 1 aliphatic rings. The SMILES string of the molecule is C=CC(=O)Nc1cc(NC(=O)C2CCN(C(C)=O)CC2)ccc1F. The third-order valence-electron chi connectivity index (χ3n) is 3.99. The molecule has 3 amide bonds. The molecule has 24 heavy (non-hydrogen) atoms. The highest BCUT2D eigenvalue weighted by Gasteiger charge is 2.26. The highest BCUT2D eigenvalue weighted by atomic mass is 19.1. The molecule has 1 aliphatic heterocycles. The van der Waals surface area contributed by atoms with Crippen molar-refractivity contribution in [3.05, 3.63) is 36.7 Å². The highest BCUT2D eigenvalue weighted by molar-refractivity contribution is 6.00. The first-order valence-electron chi connectivity index (χ1n) is 7.70. The summed E-state index contributed by atoms with van der Waals surface area (Å²) in [5.74, 6) is -1.50. The van der Waals surface area contributed by atoms with E-state index in [-0.39, 0.29) is 23.4 Å². The fourth-order valence-corrected chi connectivity index (χ4v) is 2.58. The number of halogens is 1. The van der Waals surface area contributed by atoms with Crippen LogP contribution in [-0.4, -0.2) is 35.7 Å². The van der Waals surface area contributed by atoms with Crippen molar-refractivity contribution in [1.82, 2.24) is 4.90 Å². The van der Waals surface area contributed by atoms with E-state index in [1.807, 2.05) is 0 Å². The molecule has 0 saturated carbocycles. The lowest BCUT2D eigenvalue weighted by Crippen LogP contribution is -2.40. The lowest BCUT2D eigenvalue weighted by molar-refractivity contribution is -0.132. The minimum Gasteiger partial charge on any atom is -0.343 e. The number of hydrogen-bond donors (Lipinski definition) is 2. The number of likely N-dealkylation sites (tertiary alicyclic amines) is 1. The van der Waals surface area contributed by atoms with Crippen LogP contribution in [0.1, 0.15) is 19.8 Å².